The molecule has 5 nitrogen and oxygen atoms in total. The number of aryl methyl sites for hydroxylation is 1. The molecule has 49 heavy (non-hydrogen) atoms. The summed E-state index contributed by atoms with van der Waals surface area (Å²) in [6.07, 6.45) is 12.3. The van der Waals surface area contributed by atoms with E-state index in [2.05, 4.69) is 100 Å². The Hall–Kier alpha value is -1.30. The van der Waals surface area contributed by atoms with Crippen molar-refractivity contribution in [1.82, 2.24) is 0 Å². The molecular formula is C41H68O5SSi2. The Kier molecular flexibility index (Phi) is 12.1. The lowest BCUT2D eigenvalue weighted by molar-refractivity contribution is 0.0760. The van der Waals surface area contributed by atoms with Crippen molar-refractivity contribution < 1.29 is 21.5 Å². The van der Waals surface area contributed by atoms with Gasteiger partial charge in [0.25, 0.3) is 10.1 Å². The number of benzene rings is 1. The van der Waals surface area contributed by atoms with Crippen LogP contribution in [0.2, 0.25) is 36.3 Å². The maximum Gasteiger partial charge on any atom is 0.296 e. The Morgan fingerprint density at radius 1 is 0.918 bits per heavy atom. The fourth-order valence-electron chi connectivity index (χ4n) is 7.99. The van der Waals surface area contributed by atoms with Gasteiger partial charge in [-0.05, 0) is 129 Å². The van der Waals surface area contributed by atoms with Gasteiger partial charge in [0.1, 0.15) is 0 Å². The van der Waals surface area contributed by atoms with E-state index in [1.54, 1.807) is 17.7 Å². The zero-order valence-corrected chi connectivity index (χ0v) is 36.0. The van der Waals surface area contributed by atoms with Crippen molar-refractivity contribution in [3.8, 4) is 0 Å². The maximum atomic E-state index is 13.0. The van der Waals surface area contributed by atoms with Crippen molar-refractivity contribution in [3.63, 3.8) is 0 Å². The second-order valence-corrected chi connectivity index (χ2v) is 30.0. The first-order valence-corrected chi connectivity index (χ1v) is 26.0. The summed E-state index contributed by atoms with van der Waals surface area (Å²) in [5.74, 6) is 1.08. The van der Waals surface area contributed by atoms with E-state index in [1.807, 2.05) is 19.1 Å². The van der Waals surface area contributed by atoms with Gasteiger partial charge in [-0.2, -0.15) is 8.42 Å². The normalized spacial score (nSPS) is 29.8. The molecule has 8 heteroatoms. The molecule has 6 atom stereocenters. The molecule has 3 saturated carbocycles. The first-order valence-electron chi connectivity index (χ1n) is 18.8. The number of hydrogen-bond donors (Lipinski definition) is 0. The van der Waals surface area contributed by atoms with E-state index >= 15 is 0 Å². The van der Waals surface area contributed by atoms with Gasteiger partial charge < -0.3 is 8.85 Å². The quantitative estimate of drug-likeness (QED) is 0.136. The van der Waals surface area contributed by atoms with Crippen LogP contribution in [0, 0.1) is 30.1 Å². The molecule has 3 aliphatic carbocycles. The average Bonchev–Trinajstić information content (AvgIpc) is 3.33. The molecule has 0 heterocycles. The molecule has 0 saturated heterocycles. The van der Waals surface area contributed by atoms with Crippen LogP contribution in [-0.2, 0) is 23.2 Å². The third-order valence-corrected chi connectivity index (χ3v) is 23.5. The predicted molar refractivity (Wildman–Crippen MR) is 210 cm³/mol. The SMILES string of the molecule is C=C1[C@@H](O[Si](C)(C)C(C)(C)C)CC(=C/C=C2\CCC[C@@]3(C)C2CCC3[C@H](C)COS(=O)(=O)c2ccc(C)cc2)C[C@H]1O[Si](C)(C)C(C)(C)C. The van der Waals surface area contributed by atoms with Crippen LogP contribution in [0.5, 0.6) is 0 Å². The van der Waals surface area contributed by atoms with Gasteiger partial charge in [0.15, 0.2) is 16.6 Å². The molecule has 0 spiro atoms. The number of rotatable bonds is 10. The summed E-state index contributed by atoms with van der Waals surface area (Å²) < 4.78 is 45.8. The lowest BCUT2D eigenvalue weighted by Crippen LogP contribution is -2.49. The van der Waals surface area contributed by atoms with Gasteiger partial charge in [0.2, 0.25) is 0 Å². The average molecular weight is 729 g/mol. The number of allylic oxidation sites excluding steroid dienone is 3. The molecule has 4 rings (SSSR count). The van der Waals surface area contributed by atoms with Crippen LogP contribution in [0.1, 0.15) is 106 Å². The van der Waals surface area contributed by atoms with Gasteiger partial charge in [0.05, 0.1) is 23.7 Å². The Bertz CT molecular complexity index is 1470. The third kappa shape index (κ3) is 9.02. The van der Waals surface area contributed by atoms with Gasteiger partial charge >= 0.3 is 0 Å². The van der Waals surface area contributed by atoms with Crippen LogP contribution >= 0.6 is 0 Å². The van der Waals surface area contributed by atoms with Crippen LogP contribution in [0.15, 0.2) is 64.6 Å². The van der Waals surface area contributed by atoms with E-state index < -0.39 is 26.8 Å². The molecule has 0 amide bonds. The molecule has 276 valence electrons. The summed E-state index contributed by atoms with van der Waals surface area (Å²) in [6, 6.07) is 6.92. The Morgan fingerprint density at radius 3 is 1.96 bits per heavy atom. The molecule has 0 N–H and O–H groups in total. The van der Waals surface area contributed by atoms with E-state index in [4.69, 9.17) is 13.0 Å². The van der Waals surface area contributed by atoms with Crippen LogP contribution < -0.4 is 0 Å². The Balaban J connectivity index is 1.54. The minimum absolute atomic E-state index is 0.0291. The molecule has 1 aromatic carbocycles. The summed E-state index contributed by atoms with van der Waals surface area (Å²) >= 11 is 0. The molecule has 0 aliphatic heterocycles. The van der Waals surface area contributed by atoms with Crippen molar-refractivity contribution in [1.29, 1.82) is 0 Å². The highest BCUT2D eigenvalue weighted by atomic mass is 32.2. The molecular weight excluding hydrogens is 661 g/mol. The number of hydrogen-bond acceptors (Lipinski definition) is 5. The largest absolute Gasteiger partial charge is 0.410 e. The van der Waals surface area contributed by atoms with Gasteiger partial charge in [0, 0.05) is 0 Å². The summed E-state index contributed by atoms with van der Waals surface area (Å²) in [7, 11) is -7.83. The van der Waals surface area contributed by atoms with Gasteiger partial charge in [-0.1, -0.05) is 103 Å². The standard InChI is InChI=1S/C41H68O5SSi2/c1-29-17-21-34(22-18-29)47(42,43)44-28-30(2)35-23-24-36-33(16-15-25-41(35,36)10)20-19-32-26-37(45-48(11,12)39(4,5)6)31(3)38(27-32)46-49(13,14)40(7,8)9/h17-22,30,35-38H,3,15-16,23-28H2,1-2,4-14H3/b32-19?,33-20+/t30-,35?,36?,37-,38+,41-/m1/s1. The highest BCUT2D eigenvalue weighted by molar-refractivity contribution is 7.86. The summed E-state index contributed by atoms with van der Waals surface area (Å²) in [5.41, 5.74) is 5.24. The second kappa shape index (κ2) is 14.6. The fourth-order valence-corrected chi connectivity index (χ4v) is 11.6. The lowest BCUT2D eigenvalue weighted by Gasteiger charge is -2.46. The van der Waals surface area contributed by atoms with Crippen molar-refractivity contribution in [2.45, 2.75) is 161 Å². The van der Waals surface area contributed by atoms with Crippen molar-refractivity contribution in [3.05, 3.63) is 65.3 Å². The van der Waals surface area contributed by atoms with E-state index in [9.17, 15) is 8.42 Å². The van der Waals surface area contributed by atoms with Crippen molar-refractivity contribution in [2.75, 3.05) is 6.61 Å². The van der Waals surface area contributed by atoms with Crippen LogP contribution in [0.4, 0.5) is 0 Å². The van der Waals surface area contributed by atoms with Gasteiger partial charge in [-0.3, -0.25) is 4.18 Å². The van der Waals surface area contributed by atoms with E-state index in [0.717, 1.165) is 43.2 Å². The minimum atomic E-state index is -3.78. The molecule has 0 aromatic heterocycles. The first-order chi connectivity index (χ1) is 22.4. The molecule has 2 unspecified atom stereocenters. The van der Waals surface area contributed by atoms with Gasteiger partial charge in [-0.15, -0.1) is 0 Å². The highest BCUT2D eigenvalue weighted by Crippen LogP contribution is 2.59. The fraction of sp³-hybridized carbons (Fsp3) is 0.707. The zero-order chi connectivity index (χ0) is 36.8. The zero-order valence-electron chi connectivity index (χ0n) is 33.2. The van der Waals surface area contributed by atoms with Gasteiger partial charge in [-0.25, -0.2) is 0 Å². The van der Waals surface area contributed by atoms with E-state index in [-0.39, 0.29) is 45.1 Å². The van der Waals surface area contributed by atoms with E-state index in [0.29, 0.717) is 11.8 Å². The molecule has 1 aromatic rings. The predicted octanol–water partition coefficient (Wildman–Crippen LogP) is 11.5. The van der Waals surface area contributed by atoms with E-state index in [1.165, 1.54) is 18.4 Å². The highest BCUT2D eigenvalue weighted by Gasteiger charge is 2.51. The minimum Gasteiger partial charge on any atom is -0.410 e. The Labute approximate surface area is 302 Å². The van der Waals surface area contributed by atoms with Crippen LogP contribution in [0.3, 0.4) is 0 Å². The third-order valence-electron chi connectivity index (χ3n) is 13.3. The lowest BCUT2D eigenvalue weighted by atomic mass is 9.61. The second-order valence-electron chi connectivity index (χ2n) is 18.9. The Morgan fingerprint density at radius 2 is 1.45 bits per heavy atom. The molecule has 0 radical (unpaired) electrons. The molecule has 3 fully saturated rings. The monoisotopic (exact) mass is 728 g/mol. The topological polar surface area (TPSA) is 61.8 Å². The smallest absolute Gasteiger partial charge is 0.296 e. The molecule has 3 aliphatic rings. The maximum absolute atomic E-state index is 13.0. The summed E-state index contributed by atoms with van der Waals surface area (Å²) in [6.45, 7) is 34.6. The first kappa shape index (κ1) is 40.5. The number of fused-ring (bicyclic) bond motifs is 1. The molecule has 0 bridgehead atoms. The van der Waals surface area contributed by atoms with Crippen LogP contribution in [0.25, 0.3) is 0 Å². The summed E-state index contributed by atoms with van der Waals surface area (Å²) in [4.78, 5) is 0.233. The summed E-state index contributed by atoms with van der Waals surface area (Å²) in [5, 5.41) is 0.232. The van der Waals surface area contributed by atoms with Crippen molar-refractivity contribution >= 4 is 26.8 Å². The van der Waals surface area contributed by atoms with Crippen LogP contribution in [-0.4, -0.2) is 43.9 Å². The van der Waals surface area contributed by atoms with Crippen molar-refractivity contribution in [2.24, 2.45) is 23.2 Å².